The molecule has 1 N–H and O–H groups in total. The van der Waals surface area contributed by atoms with Crippen LogP contribution < -0.4 is 10.1 Å². The Morgan fingerprint density at radius 2 is 1.84 bits per heavy atom. The van der Waals surface area contributed by atoms with Gasteiger partial charge in [0.25, 0.3) is 0 Å². The first-order valence-electron chi connectivity index (χ1n) is 10.0. The molecule has 164 valence electrons. The molecule has 1 aliphatic carbocycles. The molecular formula is C22H21F4N3OS. The predicted molar refractivity (Wildman–Crippen MR) is 111 cm³/mol. The maximum atomic E-state index is 14.2. The summed E-state index contributed by atoms with van der Waals surface area (Å²) in [4.78, 5) is 8.83. The van der Waals surface area contributed by atoms with Gasteiger partial charge in [0.1, 0.15) is 5.82 Å². The quantitative estimate of drug-likeness (QED) is 0.428. The minimum absolute atomic E-state index is 0.292. The molecule has 0 spiro atoms. The molecule has 0 unspecified atom stereocenters. The number of hydrogen-bond donors (Lipinski definition) is 1. The summed E-state index contributed by atoms with van der Waals surface area (Å²) in [5.74, 6) is -0.537. The van der Waals surface area contributed by atoms with E-state index in [1.807, 2.05) is 23.6 Å². The van der Waals surface area contributed by atoms with Gasteiger partial charge in [0.2, 0.25) is 0 Å². The zero-order chi connectivity index (χ0) is 21.8. The van der Waals surface area contributed by atoms with Crippen molar-refractivity contribution in [3.05, 3.63) is 65.0 Å². The molecule has 4 nitrogen and oxygen atoms in total. The molecule has 4 rings (SSSR count). The summed E-state index contributed by atoms with van der Waals surface area (Å²) in [7, 11) is 0. The highest BCUT2D eigenvalue weighted by molar-refractivity contribution is 7.13. The number of anilines is 2. The lowest BCUT2D eigenvalue weighted by atomic mass is 9.84. The number of ether oxygens (including phenoxy) is 1. The minimum Gasteiger partial charge on any atom is -0.487 e. The summed E-state index contributed by atoms with van der Waals surface area (Å²) in [6.45, 7) is 0. The standard InChI is InChI=1S/C22H21F4N3OS/c23-20-17(22(24,25)26)4-2-5-18(20)30-16-9-7-14(8-10-16)13-15-3-1-6-19(28-15)29-21-27-11-12-31-21/h1-6,11-12,14,16H,7-10,13H2,(H,27,28,29). The van der Waals surface area contributed by atoms with Crippen molar-refractivity contribution in [1.29, 1.82) is 0 Å². The molecule has 1 aromatic carbocycles. The van der Waals surface area contributed by atoms with E-state index in [9.17, 15) is 17.6 Å². The van der Waals surface area contributed by atoms with Crippen molar-refractivity contribution in [3.8, 4) is 5.75 Å². The van der Waals surface area contributed by atoms with Crippen LogP contribution >= 0.6 is 11.3 Å². The van der Waals surface area contributed by atoms with Gasteiger partial charge >= 0.3 is 6.18 Å². The molecule has 2 heterocycles. The van der Waals surface area contributed by atoms with E-state index in [0.717, 1.165) is 42.0 Å². The molecule has 1 aliphatic rings. The highest BCUT2D eigenvalue weighted by atomic mass is 32.1. The zero-order valence-electron chi connectivity index (χ0n) is 16.5. The van der Waals surface area contributed by atoms with Crippen LogP contribution in [0, 0.1) is 11.7 Å². The van der Waals surface area contributed by atoms with Crippen molar-refractivity contribution < 1.29 is 22.3 Å². The van der Waals surface area contributed by atoms with Gasteiger partial charge in [0.05, 0.1) is 11.7 Å². The SMILES string of the molecule is Fc1c(OC2CCC(Cc3cccc(Nc4nccs4)n3)CC2)cccc1C(F)(F)F. The third-order valence-corrected chi connectivity index (χ3v) is 6.02. The molecule has 9 heteroatoms. The van der Waals surface area contributed by atoms with Crippen LogP contribution in [-0.4, -0.2) is 16.1 Å². The van der Waals surface area contributed by atoms with Gasteiger partial charge < -0.3 is 10.1 Å². The molecular weight excluding hydrogens is 430 g/mol. The number of alkyl halides is 3. The third kappa shape index (κ3) is 5.52. The monoisotopic (exact) mass is 451 g/mol. The van der Waals surface area contributed by atoms with E-state index in [1.165, 1.54) is 23.5 Å². The smallest absolute Gasteiger partial charge is 0.419 e. The average Bonchev–Trinajstić information content (AvgIpc) is 3.23. The van der Waals surface area contributed by atoms with Crippen molar-refractivity contribution in [1.82, 2.24) is 9.97 Å². The largest absolute Gasteiger partial charge is 0.487 e. The maximum absolute atomic E-state index is 14.2. The van der Waals surface area contributed by atoms with Gasteiger partial charge in [-0.2, -0.15) is 13.2 Å². The molecule has 0 bridgehead atoms. The number of rotatable bonds is 6. The average molecular weight is 451 g/mol. The summed E-state index contributed by atoms with van der Waals surface area (Å²) in [6, 6.07) is 8.96. The van der Waals surface area contributed by atoms with Crippen LogP contribution in [-0.2, 0) is 12.6 Å². The first-order valence-corrected chi connectivity index (χ1v) is 10.9. The van der Waals surface area contributed by atoms with Crippen LogP contribution in [0.15, 0.2) is 48.0 Å². The van der Waals surface area contributed by atoms with Crippen molar-refractivity contribution in [2.75, 3.05) is 5.32 Å². The lowest BCUT2D eigenvalue weighted by Gasteiger charge is -2.29. The molecule has 0 atom stereocenters. The number of pyridine rings is 1. The van der Waals surface area contributed by atoms with E-state index in [4.69, 9.17) is 4.74 Å². The van der Waals surface area contributed by atoms with E-state index in [1.54, 1.807) is 6.20 Å². The molecule has 2 aromatic heterocycles. The van der Waals surface area contributed by atoms with Crippen molar-refractivity contribution in [3.63, 3.8) is 0 Å². The second-order valence-corrected chi connectivity index (χ2v) is 8.45. The number of halogens is 4. The van der Waals surface area contributed by atoms with Crippen LogP contribution in [0.1, 0.15) is 36.9 Å². The molecule has 0 saturated heterocycles. The number of nitrogens with one attached hydrogen (secondary N) is 1. The van der Waals surface area contributed by atoms with Gasteiger partial charge in [-0.3, -0.25) is 0 Å². The predicted octanol–water partition coefficient (Wildman–Crippen LogP) is 6.62. The number of nitrogens with zero attached hydrogens (tertiary/aromatic N) is 2. The van der Waals surface area contributed by atoms with E-state index >= 15 is 0 Å². The summed E-state index contributed by atoms with van der Waals surface area (Å²) in [5, 5.41) is 5.85. The number of benzene rings is 1. The van der Waals surface area contributed by atoms with Gasteiger partial charge in [0, 0.05) is 17.3 Å². The van der Waals surface area contributed by atoms with Gasteiger partial charge in [-0.1, -0.05) is 12.1 Å². The van der Waals surface area contributed by atoms with Gasteiger partial charge in [-0.05, 0) is 62.3 Å². The fourth-order valence-corrected chi connectivity index (χ4v) is 4.34. The molecule has 0 radical (unpaired) electrons. The lowest BCUT2D eigenvalue weighted by Crippen LogP contribution is -2.26. The van der Waals surface area contributed by atoms with Crippen molar-refractivity contribution >= 4 is 22.3 Å². The molecule has 0 amide bonds. The highest BCUT2D eigenvalue weighted by Crippen LogP contribution is 2.36. The second kappa shape index (κ2) is 9.21. The molecule has 31 heavy (non-hydrogen) atoms. The minimum atomic E-state index is -4.74. The second-order valence-electron chi connectivity index (χ2n) is 7.56. The van der Waals surface area contributed by atoms with E-state index in [0.29, 0.717) is 18.8 Å². The maximum Gasteiger partial charge on any atom is 0.419 e. The normalized spacial score (nSPS) is 19.2. The Morgan fingerprint density at radius 1 is 1.06 bits per heavy atom. The van der Waals surface area contributed by atoms with Crippen LogP contribution in [0.2, 0.25) is 0 Å². The highest BCUT2D eigenvalue weighted by Gasteiger charge is 2.35. The van der Waals surface area contributed by atoms with Crippen molar-refractivity contribution in [2.24, 2.45) is 5.92 Å². The Bertz CT molecular complexity index is 1000. The van der Waals surface area contributed by atoms with Gasteiger partial charge in [0.15, 0.2) is 16.7 Å². The summed E-state index contributed by atoms with van der Waals surface area (Å²) in [6.07, 6.45) is 0.515. The van der Waals surface area contributed by atoms with E-state index in [2.05, 4.69) is 15.3 Å². The van der Waals surface area contributed by atoms with Crippen LogP contribution in [0.5, 0.6) is 5.75 Å². The summed E-state index contributed by atoms with van der Waals surface area (Å²) < 4.78 is 58.5. The van der Waals surface area contributed by atoms with Gasteiger partial charge in [-0.15, -0.1) is 11.3 Å². The first-order chi connectivity index (χ1) is 14.9. The summed E-state index contributed by atoms with van der Waals surface area (Å²) >= 11 is 1.50. The first kappa shape index (κ1) is 21.5. The number of hydrogen-bond acceptors (Lipinski definition) is 5. The Balaban J connectivity index is 1.32. The molecule has 1 saturated carbocycles. The molecule has 1 fully saturated rings. The Morgan fingerprint density at radius 3 is 2.55 bits per heavy atom. The van der Waals surface area contributed by atoms with Crippen LogP contribution in [0.4, 0.5) is 28.5 Å². The number of thiazole rings is 1. The Hall–Kier alpha value is -2.68. The number of aromatic nitrogens is 2. The van der Waals surface area contributed by atoms with Gasteiger partial charge in [-0.25, -0.2) is 14.4 Å². The van der Waals surface area contributed by atoms with E-state index < -0.39 is 17.6 Å². The Kier molecular flexibility index (Phi) is 6.41. The van der Waals surface area contributed by atoms with Crippen molar-refractivity contribution in [2.45, 2.75) is 44.4 Å². The van der Waals surface area contributed by atoms with Crippen LogP contribution in [0.25, 0.3) is 0 Å². The fourth-order valence-electron chi connectivity index (χ4n) is 3.81. The topological polar surface area (TPSA) is 47.0 Å². The third-order valence-electron chi connectivity index (χ3n) is 5.33. The summed E-state index contributed by atoms with van der Waals surface area (Å²) in [5.41, 5.74) is -0.328. The lowest BCUT2D eigenvalue weighted by molar-refractivity contribution is -0.140. The Labute approximate surface area is 181 Å². The zero-order valence-corrected chi connectivity index (χ0v) is 17.3. The molecule has 3 aromatic rings. The molecule has 0 aliphatic heterocycles. The van der Waals surface area contributed by atoms with E-state index in [-0.39, 0.29) is 11.9 Å². The fraction of sp³-hybridized carbons (Fsp3) is 0.364. The van der Waals surface area contributed by atoms with Crippen LogP contribution in [0.3, 0.4) is 0 Å².